The lowest BCUT2D eigenvalue weighted by molar-refractivity contribution is -0.382. The van der Waals surface area contributed by atoms with E-state index in [-0.39, 0.29) is 29.6 Å². The minimum absolute atomic E-state index is 0. The lowest BCUT2D eigenvalue weighted by Crippen LogP contribution is -2.34. The molecular formula is C20H24ClN3O3S. The van der Waals surface area contributed by atoms with Gasteiger partial charge in [-0.1, -0.05) is 26.0 Å². The number of benzene rings is 2. The van der Waals surface area contributed by atoms with Crippen molar-refractivity contribution in [1.29, 1.82) is 0 Å². The zero-order valence-electron chi connectivity index (χ0n) is 16.1. The highest BCUT2D eigenvalue weighted by atomic mass is 35.5. The number of anilines is 1. The summed E-state index contributed by atoms with van der Waals surface area (Å²) in [5.74, 6) is 0. The Morgan fingerprint density at radius 2 is 1.86 bits per heavy atom. The van der Waals surface area contributed by atoms with E-state index < -0.39 is 4.92 Å². The summed E-state index contributed by atoms with van der Waals surface area (Å²) in [7, 11) is 0. The first kappa shape index (κ1) is 22.1. The Morgan fingerprint density at radius 3 is 2.50 bits per heavy atom. The Hall–Kier alpha value is -2.22. The van der Waals surface area contributed by atoms with Crippen molar-refractivity contribution in [1.82, 2.24) is 4.90 Å². The second-order valence-corrected chi connectivity index (χ2v) is 7.60. The van der Waals surface area contributed by atoms with Crippen molar-refractivity contribution < 1.29 is 4.92 Å². The van der Waals surface area contributed by atoms with E-state index in [4.69, 9.17) is 0 Å². The van der Waals surface area contributed by atoms with Crippen LogP contribution in [0.5, 0.6) is 0 Å². The minimum Gasteiger partial charge on any atom is -0.381 e. The van der Waals surface area contributed by atoms with E-state index in [1.165, 1.54) is 17.4 Å². The van der Waals surface area contributed by atoms with E-state index >= 15 is 0 Å². The molecule has 0 bridgehead atoms. The molecule has 1 aromatic heterocycles. The summed E-state index contributed by atoms with van der Waals surface area (Å²) in [6.07, 6.45) is 0. The summed E-state index contributed by atoms with van der Waals surface area (Å²) in [6.45, 7) is 9.01. The SMILES string of the molecule is CCN(CC)CC(C)Nc1ccc([N+](=O)[O-])c2sc3ccccc3c(=O)c12.Cl. The van der Waals surface area contributed by atoms with E-state index in [2.05, 4.69) is 31.0 Å². The number of nitro groups is 1. The van der Waals surface area contributed by atoms with Crippen LogP contribution in [-0.2, 0) is 0 Å². The van der Waals surface area contributed by atoms with Crippen LogP contribution < -0.4 is 10.7 Å². The fraction of sp³-hybridized carbons (Fsp3) is 0.350. The lowest BCUT2D eigenvalue weighted by atomic mass is 10.1. The summed E-state index contributed by atoms with van der Waals surface area (Å²) < 4.78 is 1.18. The number of fused-ring (bicyclic) bond motifs is 2. The standard InChI is InChI=1S/C20H23N3O3S.ClH/c1-4-22(5-2)12-13(3)21-15-10-11-16(23(25)26)20-18(15)19(24)14-8-6-7-9-17(14)27-20;/h6-11,13,21H,4-5,12H2,1-3H3;1H. The van der Waals surface area contributed by atoms with Crippen LogP contribution in [0.2, 0.25) is 0 Å². The van der Waals surface area contributed by atoms with E-state index in [9.17, 15) is 14.9 Å². The highest BCUT2D eigenvalue weighted by Crippen LogP contribution is 2.35. The van der Waals surface area contributed by atoms with Gasteiger partial charge in [-0.05, 0) is 38.2 Å². The Bertz CT molecular complexity index is 1050. The van der Waals surface area contributed by atoms with Crippen LogP contribution in [0.4, 0.5) is 11.4 Å². The van der Waals surface area contributed by atoms with Crippen LogP contribution in [0.15, 0.2) is 41.2 Å². The normalized spacial score (nSPS) is 12.1. The van der Waals surface area contributed by atoms with Gasteiger partial charge in [-0.2, -0.15) is 0 Å². The first-order valence-electron chi connectivity index (χ1n) is 9.08. The second kappa shape index (κ2) is 9.32. The molecule has 0 radical (unpaired) electrons. The third-order valence-corrected chi connectivity index (χ3v) is 5.93. The molecule has 0 aliphatic carbocycles. The highest BCUT2D eigenvalue weighted by molar-refractivity contribution is 7.25. The average molecular weight is 422 g/mol. The third-order valence-electron chi connectivity index (χ3n) is 4.73. The van der Waals surface area contributed by atoms with Crippen molar-refractivity contribution in [3.8, 4) is 0 Å². The summed E-state index contributed by atoms with van der Waals surface area (Å²) in [4.78, 5) is 26.5. The van der Waals surface area contributed by atoms with Gasteiger partial charge in [-0.3, -0.25) is 14.9 Å². The fourth-order valence-electron chi connectivity index (χ4n) is 3.33. The van der Waals surface area contributed by atoms with Gasteiger partial charge < -0.3 is 10.2 Å². The fourth-order valence-corrected chi connectivity index (χ4v) is 4.52. The van der Waals surface area contributed by atoms with Crippen LogP contribution in [0.25, 0.3) is 20.2 Å². The predicted octanol–water partition coefficient (Wildman–Crippen LogP) is 4.89. The van der Waals surface area contributed by atoms with Crippen molar-refractivity contribution in [2.75, 3.05) is 25.0 Å². The number of likely N-dealkylation sites (N-methyl/N-ethyl adjacent to an activating group) is 1. The van der Waals surface area contributed by atoms with E-state index in [1.54, 1.807) is 12.1 Å². The van der Waals surface area contributed by atoms with E-state index in [0.29, 0.717) is 21.2 Å². The van der Waals surface area contributed by atoms with Gasteiger partial charge in [0.05, 0.1) is 10.3 Å². The molecule has 0 saturated heterocycles. The predicted molar refractivity (Wildman–Crippen MR) is 120 cm³/mol. The molecule has 150 valence electrons. The molecule has 0 aliphatic rings. The topological polar surface area (TPSA) is 75.5 Å². The summed E-state index contributed by atoms with van der Waals surface area (Å²) in [6, 6.07) is 10.5. The summed E-state index contributed by atoms with van der Waals surface area (Å²) in [5, 5.41) is 15.9. The van der Waals surface area contributed by atoms with Crippen molar-refractivity contribution in [3.63, 3.8) is 0 Å². The molecule has 0 fully saturated rings. The maximum Gasteiger partial charge on any atom is 0.287 e. The molecule has 1 atom stereocenters. The number of nitrogens with one attached hydrogen (secondary N) is 1. The molecule has 0 saturated carbocycles. The first-order chi connectivity index (χ1) is 13.0. The Balaban J connectivity index is 0.00000280. The van der Waals surface area contributed by atoms with Gasteiger partial charge in [0.1, 0.15) is 4.70 Å². The van der Waals surface area contributed by atoms with Gasteiger partial charge in [0.2, 0.25) is 0 Å². The smallest absolute Gasteiger partial charge is 0.287 e. The van der Waals surface area contributed by atoms with Crippen molar-refractivity contribution in [2.45, 2.75) is 26.8 Å². The quantitative estimate of drug-likeness (QED) is 0.334. The van der Waals surface area contributed by atoms with Crippen LogP contribution in [0, 0.1) is 10.1 Å². The van der Waals surface area contributed by atoms with Gasteiger partial charge in [0, 0.05) is 34.4 Å². The molecule has 0 amide bonds. The van der Waals surface area contributed by atoms with E-state index in [1.807, 2.05) is 18.2 Å². The molecule has 1 heterocycles. The van der Waals surface area contributed by atoms with Crippen molar-refractivity contribution in [3.05, 3.63) is 56.7 Å². The molecule has 2 aromatic carbocycles. The lowest BCUT2D eigenvalue weighted by Gasteiger charge is -2.24. The Morgan fingerprint density at radius 1 is 1.18 bits per heavy atom. The molecule has 3 aromatic rings. The Kier molecular flexibility index (Phi) is 7.35. The van der Waals surface area contributed by atoms with Gasteiger partial charge in [-0.15, -0.1) is 23.7 Å². The molecule has 0 aliphatic heterocycles. The van der Waals surface area contributed by atoms with Gasteiger partial charge in [-0.25, -0.2) is 0 Å². The second-order valence-electron chi connectivity index (χ2n) is 6.55. The summed E-state index contributed by atoms with van der Waals surface area (Å²) in [5.41, 5.74) is 0.461. The third kappa shape index (κ3) is 4.27. The average Bonchev–Trinajstić information content (AvgIpc) is 2.66. The number of nitro benzene ring substituents is 1. The van der Waals surface area contributed by atoms with Crippen LogP contribution in [0.3, 0.4) is 0 Å². The highest BCUT2D eigenvalue weighted by Gasteiger charge is 2.20. The number of hydrogen-bond donors (Lipinski definition) is 1. The molecule has 1 N–H and O–H groups in total. The number of halogens is 1. The molecule has 8 heteroatoms. The molecule has 1 unspecified atom stereocenters. The molecule has 0 spiro atoms. The van der Waals surface area contributed by atoms with Crippen LogP contribution in [0.1, 0.15) is 20.8 Å². The maximum atomic E-state index is 13.1. The number of nitrogens with zero attached hydrogens (tertiary/aromatic N) is 2. The van der Waals surface area contributed by atoms with Crippen LogP contribution in [-0.4, -0.2) is 35.5 Å². The first-order valence-corrected chi connectivity index (χ1v) is 9.89. The van der Waals surface area contributed by atoms with Gasteiger partial charge in [0.15, 0.2) is 5.43 Å². The van der Waals surface area contributed by atoms with E-state index in [0.717, 1.165) is 24.3 Å². The minimum atomic E-state index is -0.420. The van der Waals surface area contributed by atoms with Gasteiger partial charge >= 0.3 is 0 Å². The molecule has 28 heavy (non-hydrogen) atoms. The number of non-ortho nitro benzene ring substituents is 1. The number of hydrogen-bond acceptors (Lipinski definition) is 6. The molecule has 6 nitrogen and oxygen atoms in total. The van der Waals surface area contributed by atoms with Crippen LogP contribution >= 0.6 is 23.7 Å². The zero-order chi connectivity index (χ0) is 19.6. The van der Waals surface area contributed by atoms with Crippen molar-refractivity contribution >= 4 is 55.3 Å². The number of rotatable bonds is 7. The molecule has 3 rings (SSSR count). The molecular weight excluding hydrogens is 398 g/mol. The summed E-state index contributed by atoms with van der Waals surface area (Å²) >= 11 is 1.29. The monoisotopic (exact) mass is 421 g/mol. The maximum absolute atomic E-state index is 13.1. The Labute approximate surface area is 173 Å². The van der Waals surface area contributed by atoms with Gasteiger partial charge in [0.25, 0.3) is 5.69 Å². The zero-order valence-corrected chi connectivity index (χ0v) is 17.7. The van der Waals surface area contributed by atoms with Crippen molar-refractivity contribution in [2.24, 2.45) is 0 Å². The largest absolute Gasteiger partial charge is 0.381 e.